The third-order valence-corrected chi connectivity index (χ3v) is 3.12. The van der Waals surface area contributed by atoms with E-state index in [9.17, 15) is 4.79 Å². The molecule has 2 N–H and O–H groups in total. The Balaban J connectivity index is 2.02. The van der Waals surface area contributed by atoms with E-state index in [-0.39, 0.29) is 12.5 Å². The summed E-state index contributed by atoms with van der Waals surface area (Å²) in [4.78, 5) is 12.0. The van der Waals surface area contributed by atoms with Crippen molar-refractivity contribution in [3.63, 3.8) is 0 Å². The van der Waals surface area contributed by atoms with E-state index in [1.165, 1.54) is 11.3 Å². The lowest BCUT2D eigenvalue weighted by molar-refractivity contribution is 0.102. The first-order valence-corrected chi connectivity index (χ1v) is 6.82. The van der Waals surface area contributed by atoms with E-state index < -0.39 is 0 Å². The van der Waals surface area contributed by atoms with E-state index >= 15 is 0 Å². The van der Waals surface area contributed by atoms with E-state index in [1.807, 2.05) is 6.92 Å². The summed E-state index contributed by atoms with van der Waals surface area (Å²) in [7, 11) is 0. The van der Waals surface area contributed by atoms with Crippen molar-refractivity contribution in [2.75, 3.05) is 11.9 Å². The van der Waals surface area contributed by atoms with Gasteiger partial charge in [0.1, 0.15) is 5.01 Å². The molecule has 2 rings (SSSR count). The molecule has 1 amide bonds. The van der Waals surface area contributed by atoms with Crippen molar-refractivity contribution in [2.24, 2.45) is 0 Å². The normalized spacial score (nSPS) is 9.70. The average Bonchev–Trinajstić information content (AvgIpc) is 2.85. The number of benzene rings is 1. The summed E-state index contributed by atoms with van der Waals surface area (Å²) in [6, 6.07) is 6.94. The first kappa shape index (κ1) is 14.2. The van der Waals surface area contributed by atoms with Gasteiger partial charge in [0.05, 0.1) is 6.61 Å². The predicted octanol–water partition coefficient (Wildman–Crippen LogP) is 1.83. The largest absolute Gasteiger partial charge is 0.395 e. The molecule has 0 radical (unpaired) electrons. The van der Waals surface area contributed by atoms with Crippen molar-refractivity contribution < 1.29 is 9.90 Å². The van der Waals surface area contributed by atoms with Crippen molar-refractivity contribution in [1.82, 2.24) is 10.2 Å². The highest BCUT2D eigenvalue weighted by Crippen LogP contribution is 2.15. The molecule has 1 aromatic carbocycles. The SMILES string of the molecule is Cc1nnc(NC(=O)c2ccc(C#CCCO)cc2)s1. The van der Waals surface area contributed by atoms with Gasteiger partial charge in [-0.05, 0) is 31.2 Å². The molecule has 0 aliphatic carbocycles. The molecule has 0 fully saturated rings. The van der Waals surface area contributed by atoms with Gasteiger partial charge in [-0.2, -0.15) is 0 Å². The molecule has 0 saturated carbocycles. The fraction of sp³-hybridized carbons (Fsp3) is 0.214. The van der Waals surface area contributed by atoms with Gasteiger partial charge in [-0.15, -0.1) is 10.2 Å². The predicted molar refractivity (Wildman–Crippen MR) is 77.6 cm³/mol. The van der Waals surface area contributed by atoms with Crippen LogP contribution >= 0.6 is 11.3 Å². The van der Waals surface area contributed by atoms with Crippen LogP contribution in [-0.2, 0) is 0 Å². The molecule has 0 spiro atoms. The third-order valence-electron chi connectivity index (χ3n) is 2.36. The fourth-order valence-electron chi connectivity index (χ4n) is 1.44. The number of aryl methyl sites for hydroxylation is 1. The minimum atomic E-state index is -0.226. The Morgan fingerprint density at radius 3 is 2.70 bits per heavy atom. The topological polar surface area (TPSA) is 75.1 Å². The van der Waals surface area contributed by atoms with Crippen LogP contribution in [0.1, 0.15) is 27.3 Å². The molecule has 0 saturated heterocycles. The molecule has 20 heavy (non-hydrogen) atoms. The zero-order valence-corrected chi connectivity index (χ0v) is 11.7. The van der Waals surface area contributed by atoms with E-state index in [1.54, 1.807) is 24.3 Å². The van der Waals surface area contributed by atoms with Crippen molar-refractivity contribution >= 4 is 22.4 Å². The van der Waals surface area contributed by atoms with Crippen molar-refractivity contribution in [1.29, 1.82) is 0 Å². The molecule has 6 heteroatoms. The van der Waals surface area contributed by atoms with Crippen LogP contribution in [0, 0.1) is 18.8 Å². The van der Waals surface area contributed by atoms with Gasteiger partial charge >= 0.3 is 0 Å². The number of carbonyl (C=O) groups excluding carboxylic acids is 1. The molecule has 0 aliphatic rings. The first-order chi connectivity index (χ1) is 9.69. The highest BCUT2D eigenvalue weighted by Gasteiger charge is 2.08. The lowest BCUT2D eigenvalue weighted by Gasteiger charge is -2.00. The molecule has 1 aromatic heterocycles. The van der Waals surface area contributed by atoms with Crippen molar-refractivity contribution in [3.8, 4) is 11.8 Å². The lowest BCUT2D eigenvalue weighted by atomic mass is 10.1. The summed E-state index contributed by atoms with van der Waals surface area (Å²) < 4.78 is 0. The number of nitrogens with zero attached hydrogens (tertiary/aromatic N) is 2. The third kappa shape index (κ3) is 3.88. The number of aliphatic hydroxyl groups is 1. The maximum Gasteiger partial charge on any atom is 0.257 e. The number of carbonyl (C=O) groups is 1. The number of hydrogen-bond donors (Lipinski definition) is 2. The van der Waals surface area contributed by atoms with E-state index in [4.69, 9.17) is 5.11 Å². The number of rotatable bonds is 3. The second-order valence-corrected chi connectivity index (χ2v) is 5.11. The van der Waals surface area contributed by atoms with Gasteiger partial charge in [-0.1, -0.05) is 23.2 Å². The Hall–Kier alpha value is -2.23. The molecular weight excluding hydrogens is 274 g/mol. The summed E-state index contributed by atoms with van der Waals surface area (Å²) >= 11 is 1.33. The van der Waals surface area contributed by atoms with E-state index in [2.05, 4.69) is 27.4 Å². The number of nitrogens with one attached hydrogen (secondary N) is 1. The van der Waals surface area contributed by atoms with Crippen LogP contribution < -0.4 is 5.32 Å². The van der Waals surface area contributed by atoms with Gasteiger partial charge in [0.2, 0.25) is 5.13 Å². The Kier molecular flexibility index (Phi) is 4.82. The zero-order chi connectivity index (χ0) is 14.4. The van der Waals surface area contributed by atoms with Crippen LogP contribution in [0.5, 0.6) is 0 Å². The molecule has 0 unspecified atom stereocenters. The Morgan fingerprint density at radius 2 is 2.10 bits per heavy atom. The van der Waals surface area contributed by atoms with Crippen LogP contribution in [0.25, 0.3) is 0 Å². The molecular formula is C14H13N3O2S. The highest BCUT2D eigenvalue weighted by atomic mass is 32.1. The Bertz CT molecular complexity index is 653. The summed E-state index contributed by atoms with van der Waals surface area (Å²) in [6.45, 7) is 1.88. The van der Waals surface area contributed by atoms with Crippen molar-refractivity contribution in [2.45, 2.75) is 13.3 Å². The minimum absolute atomic E-state index is 0.0504. The molecule has 5 nitrogen and oxygen atoms in total. The molecule has 1 heterocycles. The van der Waals surface area contributed by atoms with Crippen LogP contribution in [0.2, 0.25) is 0 Å². The smallest absolute Gasteiger partial charge is 0.257 e. The lowest BCUT2D eigenvalue weighted by Crippen LogP contribution is -2.11. The summed E-state index contributed by atoms with van der Waals surface area (Å²) in [5.74, 6) is 5.50. The van der Waals surface area contributed by atoms with Crippen LogP contribution in [0.15, 0.2) is 24.3 Å². The van der Waals surface area contributed by atoms with Gasteiger partial charge in [-0.25, -0.2) is 0 Å². The number of aromatic nitrogens is 2. The number of aliphatic hydroxyl groups excluding tert-OH is 1. The fourth-order valence-corrected chi connectivity index (χ4v) is 2.03. The quantitative estimate of drug-likeness (QED) is 0.845. The van der Waals surface area contributed by atoms with Crippen molar-refractivity contribution in [3.05, 3.63) is 40.4 Å². The van der Waals surface area contributed by atoms with Crippen LogP contribution in [0.4, 0.5) is 5.13 Å². The monoisotopic (exact) mass is 287 g/mol. The highest BCUT2D eigenvalue weighted by molar-refractivity contribution is 7.15. The second kappa shape index (κ2) is 6.80. The number of hydrogen-bond acceptors (Lipinski definition) is 5. The van der Waals surface area contributed by atoms with Gasteiger partial charge in [0.25, 0.3) is 5.91 Å². The van der Waals surface area contributed by atoms with Gasteiger partial charge < -0.3 is 5.11 Å². The minimum Gasteiger partial charge on any atom is -0.395 e. The standard InChI is InChI=1S/C14H13N3O2S/c1-10-16-17-14(20-10)15-13(19)12-7-5-11(6-8-12)4-2-3-9-18/h5-8,18H,3,9H2,1H3,(H,15,17,19). The molecule has 2 aromatic rings. The summed E-state index contributed by atoms with van der Waals surface area (Å²) in [6.07, 6.45) is 0.443. The van der Waals surface area contributed by atoms with E-state index in [0.717, 1.165) is 10.6 Å². The molecule has 102 valence electrons. The Morgan fingerprint density at radius 1 is 1.35 bits per heavy atom. The molecule has 0 bridgehead atoms. The van der Waals surface area contributed by atoms with E-state index in [0.29, 0.717) is 17.1 Å². The Labute approximate surface area is 120 Å². The number of anilines is 1. The first-order valence-electron chi connectivity index (χ1n) is 6.00. The maximum atomic E-state index is 12.0. The molecule has 0 atom stereocenters. The maximum absolute atomic E-state index is 12.0. The van der Waals surface area contributed by atoms with Crippen LogP contribution in [-0.4, -0.2) is 27.8 Å². The molecule has 0 aliphatic heterocycles. The summed E-state index contributed by atoms with van der Waals surface area (Å²) in [5, 5.41) is 20.3. The van der Waals surface area contributed by atoms with Crippen LogP contribution in [0.3, 0.4) is 0 Å². The second-order valence-electron chi connectivity index (χ2n) is 3.93. The van der Waals surface area contributed by atoms with Gasteiger partial charge in [-0.3, -0.25) is 10.1 Å². The van der Waals surface area contributed by atoms with Gasteiger partial charge in [0.15, 0.2) is 0 Å². The number of amides is 1. The average molecular weight is 287 g/mol. The van der Waals surface area contributed by atoms with Gasteiger partial charge in [0, 0.05) is 17.5 Å². The zero-order valence-electron chi connectivity index (χ0n) is 10.9. The summed E-state index contributed by atoms with van der Waals surface area (Å²) in [5.41, 5.74) is 1.34.